The number of rotatable bonds is 3. The normalized spacial score (nSPS) is 10.9. The Hall–Kier alpha value is -2.14. The van der Waals surface area contributed by atoms with Crippen molar-refractivity contribution in [1.29, 1.82) is 0 Å². The van der Waals surface area contributed by atoms with Gasteiger partial charge in [-0.15, -0.1) is 11.3 Å². The number of nitrogens with two attached hydrogens (primary N) is 1. The molecule has 0 fully saturated rings. The van der Waals surface area contributed by atoms with Gasteiger partial charge in [0.15, 0.2) is 0 Å². The fourth-order valence-corrected chi connectivity index (χ4v) is 3.04. The van der Waals surface area contributed by atoms with Gasteiger partial charge in [0, 0.05) is 11.8 Å². The molecule has 2 aromatic heterocycles. The summed E-state index contributed by atoms with van der Waals surface area (Å²) in [5.41, 5.74) is 9.28. The van der Waals surface area contributed by atoms with Gasteiger partial charge in [0.1, 0.15) is 11.5 Å². The lowest BCUT2D eigenvalue weighted by atomic mass is 10.1. The lowest BCUT2D eigenvalue weighted by molar-refractivity contribution is 0.895. The van der Waals surface area contributed by atoms with Crippen LogP contribution in [0.2, 0.25) is 0 Å². The van der Waals surface area contributed by atoms with Crippen LogP contribution in [0.3, 0.4) is 0 Å². The molecule has 102 valence electrons. The van der Waals surface area contributed by atoms with Gasteiger partial charge in [-0.2, -0.15) is 5.10 Å². The van der Waals surface area contributed by atoms with Gasteiger partial charge < -0.3 is 5.73 Å². The second-order valence-electron chi connectivity index (χ2n) is 4.56. The Kier molecular flexibility index (Phi) is 3.28. The molecule has 0 bridgehead atoms. The predicted molar refractivity (Wildman–Crippen MR) is 83.2 cm³/mol. The number of nitrogens with zero attached hydrogens (tertiary/aromatic N) is 3. The lowest BCUT2D eigenvalue weighted by Gasteiger charge is -2.03. The van der Waals surface area contributed by atoms with Crippen molar-refractivity contribution < 1.29 is 0 Å². The summed E-state index contributed by atoms with van der Waals surface area (Å²) in [5, 5.41) is 5.73. The van der Waals surface area contributed by atoms with Crippen molar-refractivity contribution in [2.75, 3.05) is 5.73 Å². The molecule has 0 saturated heterocycles. The van der Waals surface area contributed by atoms with Gasteiger partial charge in [-0.25, -0.2) is 9.67 Å². The summed E-state index contributed by atoms with van der Waals surface area (Å²) in [6.07, 6.45) is 2.72. The molecule has 0 atom stereocenters. The van der Waals surface area contributed by atoms with Crippen molar-refractivity contribution in [2.24, 2.45) is 0 Å². The minimum absolute atomic E-state index is 0.708. The number of para-hydroxylation sites is 1. The third kappa shape index (κ3) is 2.10. The Morgan fingerprint density at radius 1 is 1.25 bits per heavy atom. The zero-order chi connectivity index (χ0) is 14.1. The highest BCUT2D eigenvalue weighted by Gasteiger charge is 2.18. The first-order valence-electron chi connectivity index (χ1n) is 6.56. The van der Waals surface area contributed by atoms with E-state index < -0.39 is 0 Å². The van der Waals surface area contributed by atoms with Gasteiger partial charge >= 0.3 is 0 Å². The van der Waals surface area contributed by atoms with Crippen LogP contribution in [0.5, 0.6) is 0 Å². The Balaban J connectivity index is 2.17. The third-order valence-corrected chi connectivity index (χ3v) is 4.15. The minimum atomic E-state index is 0.708. The summed E-state index contributed by atoms with van der Waals surface area (Å²) in [4.78, 5) is 5.38. The summed E-state index contributed by atoms with van der Waals surface area (Å²) in [6.45, 7) is 4.09. The number of aromatic nitrogens is 3. The van der Waals surface area contributed by atoms with E-state index in [0.717, 1.165) is 33.3 Å². The highest BCUT2D eigenvalue weighted by molar-refractivity contribution is 7.15. The molecule has 0 aliphatic rings. The largest absolute Gasteiger partial charge is 0.383 e. The maximum Gasteiger partial charge on any atom is 0.131 e. The van der Waals surface area contributed by atoms with E-state index in [2.05, 4.69) is 11.9 Å². The van der Waals surface area contributed by atoms with Crippen LogP contribution in [0, 0.1) is 6.92 Å². The van der Waals surface area contributed by atoms with E-state index in [-0.39, 0.29) is 0 Å². The number of nitrogen functional groups attached to an aromatic ring is 1. The first kappa shape index (κ1) is 12.9. The van der Waals surface area contributed by atoms with E-state index in [4.69, 9.17) is 10.8 Å². The van der Waals surface area contributed by atoms with Gasteiger partial charge in [0.05, 0.1) is 15.6 Å². The van der Waals surface area contributed by atoms with E-state index in [1.54, 1.807) is 11.3 Å². The van der Waals surface area contributed by atoms with Gasteiger partial charge in [0.25, 0.3) is 0 Å². The fraction of sp³-hybridized carbons (Fsp3) is 0.200. The Labute approximate surface area is 121 Å². The molecule has 0 aliphatic heterocycles. The Bertz CT molecular complexity index is 728. The van der Waals surface area contributed by atoms with Crippen LogP contribution in [0.25, 0.3) is 16.3 Å². The highest BCUT2D eigenvalue weighted by Crippen LogP contribution is 2.32. The maximum atomic E-state index is 6.28. The topological polar surface area (TPSA) is 56.7 Å². The van der Waals surface area contributed by atoms with Crippen molar-refractivity contribution in [3.05, 3.63) is 47.1 Å². The molecule has 20 heavy (non-hydrogen) atoms. The Morgan fingerprint density at radius 2 is 2.00 bits per heavy atom. The van der Waals surface area contributed by atoms with Gasteiger partial charge in [0.2, 0.25) is 0 Å². The maximum absolute atomic E-state index is 6.28. The quantitative estimate of drug-likeness (QED) is 0.801. The molecule has 0 amide bonds. The van der Waals surface area contributed by atoms with Crippen molar-refractivity contribution in [1.82, 2.24) is 14.8 Å². The molecule has 2 heterocycles. The van der Waals surface area contributed by atoms with E-state index >= 15 is 0 Å². The van der Waals surface area contributed by atoms with Gasteiger partial charge in [-0.1, -0.05) is 25.1 Å². The molecule has 2 N–H and O–H groups in total. The highest BCUT2D eigenvalue weighted by atomic mass is 32.1. The number of anilines is 1. The smallest absolute Gasteiger partial charge is 0.131 e. The summed E-state index contributed by atoms with van der Waals surface area (Å²) in [5.74, 6) is 0.708. The average Bonchev–Trinajstić information content (AvgIpc) is 3.03. The standard InChI is InChI=1S/C15H16N4S/c1-3-12-14(13-9-17-10(2)20-13)18-19(15(12)16)11-7-5-4-6-8-11/h4-9H,3,16H2,1-2H3. The van der Waals surface area contributed by atoms with Gasteiger partial charge in [-0.05, 0) is 25.5 Å². The van der Waals surface area contributed by atoms with Crippen LogP contribution in [-0.2, 0) is 6.42 Å². The van der Waals surface area contributed by atoms with Crippen molar-refractivity contribution >= 4 is 17.2 Å². The monoisotopic (exact) mass is 284 g/mol. The Morgan fingerprint density at radius 3 is 2.60 bits per heavy atom. The van der Waals surface area contributed by atoms with E-state index in [1.807, 2.05) is 48.1 Å². The fourth-order valence-electron chi connectivity index (χ4n) is 2.25. The van der Waals surface area contributed by atoms with E-state index in [1.165, 1.54) is 0 Å². The first-order chi connectivity index (χ1) is 9.70. The van der Waals surface area contributed by atoms with Crippen LogP contribution in [0.15, 0.2) is 36.5 Å². The third-order valence-electron chi connectivity index (χ3n) is 3.23. The van der Waals surface area contributed by atoms with E-state index in [0.29, 0.717) is 5.82 Å². The van der Waals surface area contributed by atoms with Gasteiger partial charge in [-0.3, -0.25) is 0 Å². The molecule has 0 radical (unpaired) electrons. The zero-order valence-corrected chi connectivity index (χ0v) is 12.3. The molecule has 0 unspecified atom stereocenters. The van der Waals surface area contributed by atoms with Crippen molar-refractivity contribution in [3.63, 3.8) is 0 Å². The molecule has 3 rings (SSSR count). The summed E-state index contributed by atoms with van der Waals surface area (Å²) < 4.78 is 1.81. The van der Waals surface area contributed by atoms with Crippen molar-refractivity contribution in [3.8, 4) is 16.3 Å². The molecular formula is C15H16N4S. The number of aryl methyl sites for hydroxylation is 1. The molecule has 5 heteroatoms. The second-order valence-corrected chi connectivity index (χ2v) is 5.79. The van der Waals surface area contributed by atoms with Crippen LogP contribution < -0.4 is 5.73 Å². The van der Waals surface area contributed by atoms with Crippen LogP contribution >= 0.6 is 11.3 Å². The minimum Gasteiger partial charge on any atom is -0.383 e. The van der Waals surface area contributed by atoms with Crippen LogP contribution in [0.1, 0.15) is 17.5 Å². The summed E-state index contributed by atoms with van der Waals surface area (Å²) >= 11 is 1.65. The predicted octanol–water partition coefficient (Wildman–Crippen LogP) is 3.45. The van der Waals surface area contributed by atoms with Crippen LogP contribution in [0.4, 0.5) is 5.82 Å². The summed E-state index contributed by atoms with van der Waals surface area (Å²) in [7, 11) is 0. The van der Waals surface area contributed by atoms with Crippen LogP contribution in [-0.4, -0.2) is 14.8 Å². The average molecular weight is 284 g/mol. The molecule has 4 nitrogen and oxygen atoms in total. The molecular weight excluding hydrogens is 268 g/mol. The molecule has 0 spiro atoms. The SMILES string of the molecule is CCc1c(-c2cnc(C)s2)nn(-c2ccccc2)c1N. The first-order valence-corrected chi connectivity index (χ1v) is 7.38. The summed E-state index contributed by atoms with van der Waals surface area (Å²) in [6, 6.07) is 9.96. The zero-order valence-electron chi connectivity index (χ0n) is 11.5. The van der Waals surface area contributed by atoms with E-state index in [9.17, 15) is 0 Å². The number of benzene rings is 1. The molecule has 3 aromatic rings. The molecule has 0 aliphatic carbocycles. The number of hydrogen-bond acceptors (Lipinski definition) is 4. The number of thiazole rings is 1. The molecule has 0 saturated carbocycles. The van der Waals surface area contributed by atoms with Crippen molar-refractivity contribution in [2.45, 2.75) is 20.3 Å². The molecule has 1 aromatic carbocycles. The number of hydrogen-bond donors (Lipinski definition) is 1. The second kappa shape index (κ2) is 5.09. The lowest BCUT2D eigenvalue weighted by Crippen LogP contribution is -2.02.